The fraction of sp³-hybridized carbons (Fsp3) is 0.250. The SMILES string of the molecule is [CH2]C(CC(N)=O)c1c(C)cccc1C#N. The Bertz CT molecular complexity index is 418. The number of nitriles is 1. The van der Waals surface area contributed by atoms with Gasteiger partial charge >= 0.3 is 0 Å². The van der Waals surface area contributed by atoms with Gasteiger partial charge < -0.3 is 5.73 Å². The lowest BCUT2D eigenvalue weighted by atomic mass is 9.89. The Kier molecular flexibility index (Phi) is 3.46. The van der Waals surface area contributed by atoms with Crippen LogP contribution in [0.4, 0.5) is 0 Å². The lowest BCUT2D eigenvalue weighted by Gasteiger charge is -2.14. The van der Waals surface area contributed by atoms with Crippen LogP contribution in [0.1, 0.15) is 29.0 Å². The Labute approximate surface area is 89.5 Å². The van der Waals surface area contributed by atoms with Crippen molar-refractivity contribution >= 4 is 5.91 Å². The van der Waals surface area contributed by atoms with Gasteiger partial charge in [-0.25, -0.2) is 0 Å². The Morgan fingerprint density at radius 2 is 2.33 bits per heavy atom. The molecule has 0 aliphatic rings. The maximum absolute atomic E-state index is 10.8. The number of primary amides is 1. The van der Waals surface area contributed by atoms with Gasteiger partial charge in [-0.15, -0.1) is 0 Å². The summed E-state index contributed by atoms with van der Waals surface area (Å²) in [5, 5.41) is 8.93. The van der Waals surface area contributed by atoms with Crippen LogP contribution >= 0.6 is 0 Å². The fourth-order valence-corrected chi connectivity index (χ4v) is 1.66. The van der Waals surface area contributed by atoms with Crippen molar-refractivity contribution in [1.29, 1.82) is 5.26 Å². The maximum Gasteiger partial charge on any atom is 0.218 e. The third-order valence-electron chi connectivity index (χ3n) is 2.30. The van der Waals surface area contributed by atoms with Gasteiger partial charge in [-0.3, -0.25) is 4.79 Å². The van der Waals surface area contributed by atoms with Crippen LogP contribution in [0.3, 0.4) is 0 Å². The third kappa shape index (κ3) is 2.57. The van der Waals surface area contributed by atoms with Crippen LogP contribution in [-0.4, -0.2) is 5.91 Å². The molecule has 1 aromatic rings. The van der Waals surface area contributed by atoms with Crippen molar-refractivity contribution < 1.29 is 4.79 Å². The van der Waals surface area contributed by atoms with Crippen molar-refractivity contribution in [1.82, 2.24) is 0 Å². The predicted molar refractivity (Wildman–Crippen MR) is 57.8 cm³/mol. The lowest BCUT2D eigenvalue weighted by molar-refractivity contribution is -0.118. The molecule has 0 aliphatic carbocycles. The number of nitrogens with zero attached hydrogens (tertiary/aromatic N) is 1. The summed E-state index contributed by atoms with van der Waals surface area (Å²) in [5.41, 5.74) is 7.46. The van der Waals surface area contributed by atoms with Crippen molar-refractivity contribution in [2.45, 2.75) is 19.3 Å². The molecule has 1 amide bonds. The van der Waals surface area contributed by atoms with Gasteiger partial charge in [0.2, 0.25) is 5.91 Å². The second-order valence-electron chi connectivity index (χ2n) is 3.52. The van der Waals surface area contributed by atoms with Gasteiger partial charge in [-0.1, -0.05) is 12.1 Å². The minimum atomic E-state index is -0.401. The number of hydrogen-bond donors (Lipinski definition) is 1. The highest BCUT2D eigenvalue weighted by molar-refractivity contribution is 5.75. The third-order valence-corrected chi connectivity index (χ3v) is 2.30. The summed E-state index contributed by atoms with van der Waals surface area (Å²) < 4.78 is 0. The summed E-state index contributed by atoms with van der Waals surface area (Å²) >= 11 is 0. The summed E-state index contributed by atoms with van der Waals surface area (Å²) in [7, 11) is 0. The van der Waals surface area contributed by atoms with E-state index >= 15 is 0 Å². The van der Waals surface area contributed by atoms with E-state index in [-0.39, 0.29) is 12.3 Å². The zero-order valence-corrected chi connectivity index (χ0v) is 8.66. The van der Waals surface area contributed by atoms with Gasteiger partial charge in [0.05, 0.1) is 11.6 Å². The minimum Gasteiger partial charge on any atom is -0.370 e. The quantitative estimate of drug-likeness (QED) is 0.808. The van der Waals surface area contributed by atoms with E-state index in [4.69, 9.17) is 11.0 Å². The molecule has 1 aromatic carbocycles. The summed E-state index contributed by atoms with van der Waals surface area (Å²) in [4.78, 5) is 10.8. The first-order valence-corrected chi connectivity index (χ1v) is 4.67. The second-order valence-corrected chi connectivity index (χ2v) is 3.52. The summed E-state index contributed by atoms with van der Waals surface area (Å²) in [5.74, 6) is -0.652. The van der Waals surface area contributed by atoms with E-state index in [0.29, 0.717) is 5.56 Å². The zero-order chi connectivity index (χ0) is 11.4. The number of carbonyl (C=O) groups excluding carboxylic acids is 1. The first kappa shape index (κ1) is 11.3. The second kappa shape index (κ2) is 4.61. The molecular weight excluding hydrogens is 188 g/mol. The average molecular weight is 201 g/mol. The number of benzene rings is 1. The molecule has 1 radical (unpaired) electrons. The molecule has 15 heavy (non-hydrogen) atoms. The van der Waals surface area contributed by atoms with Crippen LogP contribution in [0.5, 0.6) is 0 Å². The van der Waals surface area contributed by atoms with Gasteiger partial charge in [0.15, 0.2) is 0 Å². The van der Waals surface area contributed by atoms with E-state index in [1.807, 2.05) is 19.1 Å². The first-order valence-electron chi connectivity index (χ1n) is 4.67. The number of nitrogens with two attached hydrogens (primary N) is 1. The molecule has 2 N–H and O–H groups in total. The molecule has 1 unspecified atom stereocenters. The van der Waals surface area contributed by atoms with Crippen molar-refractivity contribution in [3.63, 3.8) is 0 Å². The van der Waals surface area contributed by atoms with E-state index in [1.165, 1.54) is 0 Å². The number of amides is 1. The molecule has 0 spiro atoms. The van der Waals surface area contributed by atoms with Crippen LogP contribution in [0.15, 0.2) is 18.2 Å². The van der Waals surface area contributed by atoms with Crippen molar-refractivity contribution in [3.8, 4) is 6.07 Å². The van der Waals surface area contributed by atoms with E-state index in [0.717, 1.165) is 11.1 Å². The first-order chi connectivity index (χ1) is 7.06. The largest absolute Gasteiger partial charge is 0.370 e. The van der Waals surface area contributed by atoms with Crippen LogP contribution < -0.4 is 5.73 Å². The molecule has 0 heterocycles. The monoisotopic (exact) mass is 201 g/mol. The van der Waals surface area contributed by atoms with Gasteiger partial charge in [0.1, 0.15) is 0 Å². The van der Waals surface area contributed by atoms with Gasteiger partial charge in [-0.05, 0) is 37.0 Å². The van der Waals surface area contributed by atoms with Crippen molar-refractivity contribution in [3.05, 3.63) is 41.8 Å². The summed E-state index contributed by atoms with van der Waals surface area (Å²) in [6, 6.07) is 7.53. The van der Waals surface area contributed by atoms with Crippen LogP contribution in [0, 0.1) is 25.2 Å². The highest BCUT2D eigenvalue weighted by atomic mass is 16.1. The molecular formula is C12H13N2O. The Morgan fingerprint density at radius 3 is 2.87 bits per heavy atom. The molecule has 77 valence electrons. The lowest BCUT2D eigenvalue weighted by Crippen LogP contribution is -2.15. The number of carbonyl (C=O) groups is 1. The molecule has 3 nitrogen and oxygen atoms in total. The van der Waals surface area contributed by atoms with E-state index < -0.39 is 5.91 Å². The molecule has 0 fully saturated rings. The van der Waals surface area contributed by atoms with E-state index in [1.54, 1.807) is 6.07 Å². The molecule has 3 heteroatoms. The van der Waals surface area contributed by atoms with E-state index in [2.05, 4.69) is 13.0 Å². The zero-order valence-electron chi connectivity index (χ0n) is 8.66. The molecule has 0 saturated heterocycles. The van der Waals surface area contributed by atoms with Gasteiger partial charge in [0, 0.05) is 6.42 Å². The minimum absolute atomic E-state index is 0.166. The van der Waals surface area contributed by atoms with Crippen LogP contribution in [0.25, 0.3) is 0 Å². The highest BCUT2D eigenvalue weighted by Crippen LogP contribution is 2.25. The highest BCUT2D eigenvalue weighted by Gasteiger charge is 2.15. The molecule has 0 aromatic heterocycles. The molecule has 1 atom stereocenters. The molecule has 1 rings (SSSR count). The number of hydrogen-bond acceptors (Lipinski definition) is 2. The standard InChI is InChI=1S/C12H13N2O/c1-8-4-3-5-10(7-13)12(8)9(2)6-11(14)15/h3-5,9H,2,6H2,1H3,(H2,14,15). The normalized spacial score (nSPS) is 11.8. The predicted octanol–water partition coefficient (Wildman–Crippen LogP) is 1.66. The maximum atomic E-state index is 10.8. The Hall–Kier alpha value is -1.82. The smallest absolute Gasteiger partial charge is 0.218 e. The fourth-order valence-electron chi connectivity index (χ4n) is 1.66. The van der Waals surface area contributed by atoms with Gasteiger partial charge in [0.25, 0.3) is 0 Å². The van der Waals surface area contributed by atoms with Crippen LogP contribution in [0.2, 0.25) is 0 Å². The van der Waals surface area contributed by atoms with Crippen LogP contribution in [-0.2, 0) is 4.79 Å². The average Bonchev–Trinajstić information content (AvgIpc) is 2.15. The summed E-state index contributed by atoms with van der Waals surface area (Å²) in [6.45, 7) is 5.76. The van der Waals surface area contributed by atoms with Gasteiger partial charge in [-0.2, -0.15) is 5.26 Å². The number of rotatable bonds is 3. The summed E-state index contributed by atoms with van der Waals surface area (Å²) in [6.07, 6.45) is 0.166. The van der Waals surface area contributed by atoms with Crippen molar-refractivity contribution in [2.24, 2.45) is 5.73 Å². The van der Waals surface area contributed by atoms with E-state index in [9.17, 15) is 4.79 Å². The number of aryl methyl sites for hydroxylation is 1. The molecule has 0 saturated carbocycles. The molecule has 0 bridgehead atoms. The topological polar surface area (TPSA) is 66.9 Å². The van der Waals surface area contributed by atoms with Crippen molar-refractivity contribution in [2.75, 3.05) is 0 Å². The Balaban J connectivity index is 3.12. The Morgan fingerprint density at radius 1 is 1.67 bits per heavy atom. The molecule has 0 aliphatic heterocycles.